The number of fused-ring (bicyclic) bond motifs is 2. The summed E-state index contributed by atoms with van der Waals surface area (Å²) in [6.45, 7) is 0. The molecule has 1 amide bonds. The first-order valence-corrected chi connectivity index (χ1v) is 14.2. The fourth-order valence-electron chi connectivity index (χ4n) is 4.77. The lowest BCUT2D eigenvalue weighted by Gasteiger charge is -2.11. The number of ether oxygens (including phenoxy) is 2. The van der Waals surface area contributed by atoms with Gasteiger partial charge in [0, 0.05) is 16.8 Å². The molecular formula is C33H27N5O3S. The number of hydrogen-bond donors (Lipinski definition) is 1. The summed E-state index contributed by atoms with van der Waals surface area (Å²) in [6, 6.07) is 33.7. The second kappa shape index (κ2) is 12.2. The molecule has 0 saturated carbocycles. The summed E-state index contributed by atoms with van der Waals surface area (Å²) in [4.78, 5) is 12.9. The van der Waals surface area contributed by atoms with Crippen molar-refractivity contribution in [2.75, 3.05) is 20.0 Å². The van der Waals surface area contributed by atoms with Crippen LogP contribution in [0.1, 0.15) is 5.56 Å². The van der Waals surface area contributed by atoms with Gasteiger partial charge in [0.05, 0.1) is 26.2 Å². The Morgan fingerprint density at radius 3 is 2.05 bits per heavy atom. The molecule has 1 N–H and O–H groups in total. The van der Waals surface area contributed by atoms with Crippen LogP contribution in [0.25, 0.3) is 38.6 Å². The van der Waals surface area contributed by atoms with Crippen molar-refractivity contribution in [3.05, 3.63) is 109 Å². The first kappa shape index (κ1) is 27.0. The molecule has 42 heavy (non-hydrogen) atoms. The molecule has 9 heteroatoms. The van der Waals surface area contributed by atoms with Crippen molar-refractivity contribution < 1.29 is 14.3 Å². The molecule has 0 radical (unpaired) electrons. The number of aromatic nitrogens is 3. The Kier molecular flexibility index (Phi) is 7.83. The molecule has 8 nitrogen and oxygen atoms in total. The molecule has 0 fully saturated rings. The molecule has 0 unspecified atom stereocenters. The lowest BCUT2D eigenvalue weighted by atomic mass is 9.97. The lowest BCUT2D eigenvalue weighted by Crippen LogP contribution is -2.20. The van der Waals surface area contributed by atoms with Crippen molar-refractivity contribution in [1.82, 2.24) is 20.2 Å². The fraction of sp³-hybridized carbons (Fsp3) is 0.0909. The molecule has 6 rings (SSSR count). The van der Waals surface area contributed by atoms with Crippen LogP contribution in [-0.2, 0) is 4.79 Å². The van der Waals surface area contributed by atoms with Crippen LogP contribution in [0.3, 0.4) is 0 Å². The highest BCUT2D eigenvalue weighted by molar-refractivity contribution is 7.99. The van der Waals surface area contributed by atoms with E-state index in [2.05, 4.69) is 51.1 Å². The molecule has 6 aromatic rings. The van der Waals surface area contributed by atoms with Gasteiger partial charge in [-0.05, 0) is 76.1 Å². The second-order valence-corrected chi connectivity index (χ2v) is 10.3. The number of thioether (sulfide) groups is 1. The van der Waals surface area contributed by atoms with Gasteiger partial charge >= 0.3 is 0 Å². The molecule has 0 aliphatic rings. The Bertz CT molecular complexity index is 1850. The topological polar surface area (TPSA) is 90.6 Å². The summed E-state index contributed by atoms with van der Waals surface area (Å²) in [5.41, 5.74) is 5.34. The zero-order chi connectivity index (χ0) is 28.9. The van der Waals surface area contributed by atoms with Crippen LogP contribution in [-0.4, -0.2) is 46.9 Å². The number of nitrogens with zero attached hydrogens (tertiary/aromatic N) is 4. The number of nitrogens with one attached hydrogen (secondary N) is 1. The number of carbonyl (C=O) groups is 1. The first-order valence-electron chi connectivity index (χ1n) is 13.2. The fourth-order valence-corrected chi connectivity index (χ4v) is 5.52. The maximum atomic E-state index is 12.9. The Morgan fingerprint density at radius 1 is 0.833 bits per heavy atom. The van der Waals surface area contributed by atoms with E-state index in [9.17, 15) is 4.79 Å². The third-order valence-corrected chi connectivity index (χ3v) is 7.77. The van der Waals surface area contributed by atoms with Crippen LogP contribution < -0.4 is 14.9 Å². The number of carbonyl (C=O) groups excluding carboxylic acids is 1. The number of methoxy groups -OCH3 is 2. The maximum Gasteiger partial charge on any atom is 0.250 e. The van der Waals surface area contributed by atoms with Crippen molar-refractivity contribution in [3.8, 4) is 28.6 Å². The Hall–Kier alpha value is -5.15. The van der Waals surface area contributed by atoms with E-state index in [1.54, 1.807) is 20.4 Å². The van der Waals surface area contributed by atoms with Crippen LogP contribution in [0.2, 0.25) is 0 Å². The van der Waals surface area contributed by atoms with E-state index in [-0.39, 0.29) is 11.7 Å². The third-order valence-electron chi connectivity index (χ3n) is 6.84. The van der Waals surface area contributed by atoms with Crippen molar-refractivity contribution >= 4 is 45.4 Å². The van der Waals surface area contributed by atoms with Gasteiger partial charge in [0.2, 0.25) is 0 Å². The average Bonchev–Trinajstić information content (AvgIpc) is 3.47. The van der Waals surface area contributed by atoms with Gasteiger partial charge in [0.15, 0.2) is 11.0 Å². The largest absolute Gasteiger partial charge is 0.497 e. The molecule has 1 aromatic heterocycles. The van der Waals surface area contributed by atoms with Gasteiger partial charge < -0.3 is 9.47 Å². The number of benzene rings is 5. The molecule has 208 valence electrons. The lowest BCUT2D eigenvalue weighted by molar-refractivity contribution is -0.118. The van der Waals surface area contributed by atoms with E-state index in [4.69, 9.17) is 9.47 Å². The standard InChI is InChI=1S/C33H27N5O3S/c1-40-26-15-11-22(12-16-26)32-36-37-33(38(32)25-13-17-27(41-2)18-14-25)42-21-31(39)35-34-20-30-28-9-5-3-7-23(28)19-24-8-4-6-10-29(24)30/h3-20H,21H2,1-2H3,(H,35,39)/b34-20+. The first-order chi connectivity index (χ1) is 20.6. The Labute approximate surface area is 247 Å². The molecule has 0 atom stereocenters. The summed E-state index contributed by atoms with van der Waals surface area (Å²) in [7, 11) is 3.25. The summed E-state index contributed by atoms with van der Waals surface area (Å²) in [6.07, 6.45) is 1.72. The van der Waals surface area contributed by atoms with Gasteiger partial charge in [-0.3, -0.25) is 9.36 Å². The Morgan fingerprint density at radius 2 is 1.43 bits per heavy atom. The SMILES string of the molecule is COc1ccc(-c2nnc(SCC(=O)N/N=C/c3c4ccccc4cc4ccccc34)n2-c2ccc(OC)cc2)cc1. The van der Waals surface area contributed by atoms with Gasteiger partial charge in [-0.2, -0.15) is 5.10 Å². The normalized spacial score (nSPS) is 11.3. The predicted molar refractivity (Wildman–Crippen MR) is 168 cm³/mol. The van der Waals surface area contributed by atoms with Gasteiger partial charge in [0.25, 0.3) is 5.91 Å². The quantitative estimate of drug-likeness (QED) is 0.0919. The van der Waals surface area contributed by atoms with Crippen LogP contribution in [0, 0.1) is 0 Å². The molecule has 1 heterocycles. The van der Waals surface area contributed by atoms with E-state index >= 15 is 0 Å². The summed E-state index contributed by atoms with van der Waals surface area (Å²) < 4.78 is 12.5. The molecular weight excluding hydrogens is 546 g/mol. The molecule has 0 aliphatic carbocycles. The third kappa shape index (κ3) is 5.55. The van der Waals surface area contributed by atoms with Crippen molar-refractivity contribution in [2.24, 2.45) is 5.10 Å². The summed E-state index contributed by atoms with van der Waals surface area (Å²) >= 11 is 1.28. The van der Waals surface area contributed by atoms with E-state index in [1.807, 2.05) is 77.4 Å². The van der Waals surface area contributed by atoms with Crippen molar-refractivity contribution in [3.63, 3.8) is 0 Å². The van der Waals surface area contributed by atoms with Crippen LogP contribution in [0.5, 0.6) is 11.5 Å². The number of hydrazone groups is 1. The zero-order valence-electron chi connectivity index (χ0n) is 23.0. The maximum absolute atomic E-state index is 12.9. The minimum absolute atomic E-state index is 0.102. The number of hydrogen-bond acceptors (Lipinski definition) is 7. The van der Waals surface area contributed by atoms with Crippen molar-refractivity contribution in [2.45, 2.75) is 5.16 Å². The molecule has 0 saturated heterocycles. The minimum Gasteiger partial charge on any atom is -0.497 e. The van der Waals surface area contributed by atoms with Gasteiger partial charge in [-0.25, -0.2) is 5.43 Å². The van der Waals surface area contributed by atoms with E-state index in [1.165, 1.54) is 11.8 Å². The van der Waals surface area contributed by atoms with Crippen LogP contribution >= 0.6 is 11.8 Å². The summed E-state index contributed by atoms with van der Waals surface area (Å²) in [5, 5.41) is 18.1. The van der Waals surface area contributed by atoms with Crippen molar-refractivity contribution in [1.29, 1.82) is 0 Å². The minimum atomic E-state index is -0.254. The zero-order valence-corrected chi connectivity index (χ0v) is 23.8. The highest BCUT2D eigenvalue weighted by Gasteiger charge is 2.18. The highest BCUT2D eigenvalue weighted by Crippen LogP contribution is 2.30. The van der Waals surface area contributed by atoms with Crippen LogP contribution in [0.4, 0.5) is 0 Å². The molecule has 0 bridgehead atoms. The second-order valence-electron chi connectivity index (χ2n) is 9.38. The number of amides is 1. The van der Waals surface area contributed by atoms with E-state index in [0.29, 0.717) is 11.0 Å². The molecule has 5 aromatic carbocycles. The molecule has 0 spiro atoms. The monoisotopic (exact) mass is 573 g/mol. The highest BCUT2D eigenvalue weighted by atomic mass is 32.2. The van der Waals surface area contributed by atoms with Gasteiger partial charge in [-0.1, -0.05) is 60.3 Å². The average molecular weight is 574 g/mol. The Balaban J connectivity index is 1.23. The van der Waals surface area contributed by atoms with E-state index < -0.39 is 0 Å². The van der Waals surface area contributed by atoms with E-state index in [0.717, 1.165) is 49.9 Å². The molecule has 0 aliphatic heterocycles. The van der Waals surface area contributed by atoms with Gasteiger partial charge in [-0.15, -0.1) is 10.2 Å². The van der Waals surface area contributed by atoms with Crippen LogP contribution in [0.15, 0.2) is 113 Å². The smallest absolute Gasteiger partial charge is 0.250 e. The summed E-state index contributed by atoms with van der Waals surface area (Å²) in [5.74, 6) is 1.98. The predicted octanol–water partition coefficient (Wildman–Crippen LogP) is 6.50. The van der Waals surface area contributed by atoms with Gasteiger partial charge in [0.1, 0.15) is 11.5 Å². The number of rotatable bonds is 9.